The van der Waals surface area contributed by atoms with Crippen LogP contribution >= 0.6 is 0 Å². The summed E-state index contributed by atoms with van der Waals surface area (Å²) in [5.41, 5.74) is 0. The number of hydrogen-bond acceptors (Lipinski definition) is 5. The number of aromatic nitrogens is 3. The lowest BCUT2D eigenvalue weighted by molar-refractivity contribution is 0.0937. The molecule has 0 radical (unpaired) electrons. The standard InChI is InChI=1S/C9H18N4O2/c1-8-11-12-9(13(8)2)7-10-3-5-15-6-4-14/h10,14H,3-7H2,1-2H3. The molecule has 1 aromatic heterocycles. The van der Waals surface area contributed by atoms with Crippen LogP contribution in [0.5, 0.6) is 0 Å². The van der Waals surface area contributed by atoms with E-state index in [9.17, 15) is 0 Å². The van der Waals surface area contributed by atoms with Crippen molar-refractivity contribution in [2.24, 2.45) is 7.05 Å². The third-order valence-corrected chi connectivity index (χ3v) is 2.12. The first-order valence-corrected chi connectivity index (χ1v) is 5.00. The number of aliphatic hydroxyl groups is 1. The molecule has 0 aliphatic carbocycles. The third kappa shape index (κ3) is 3.94. The van der Waals surface area contributed by atoms with Gasteiger partial charge in [-0.2, -0.15) is 0 Å². The van der Waals surface area contributed by atoms with Gasteiger partial charge in [0.15, 0.2) is 0 Å². The highest BCUT2D eigenvalue weighted by Gasteiger charge is 2.02. The smallest absolute Gasteiger partial charge is 0.146 e. The molecule has 0 aliphatic rings. The van der Waals surface area contributed by atoms with Gasteiger partial charge in [-0.1, -0.05) is 0 Å². The van der Waals surface area contributed by atoms with Gasteiger partial charge < -0.3 is 19.7 Å². The second-order valence-electron chi connectivity index (χ2n) is 3.24. The Morgan fingerprint density at radius 2 is 2.20 bits per heavy atom. The van der Waals surface area contributed by atoms with Gasteiger partial charge in [-0.3, -0.25) is 0 Å². The normalized spacial score (nSPS) is 10.9. The minimum Gasteiger partial charge on any atom is -0.394 e. The molecular weight excluding hydrogens is 196 g/mol. The van der Waals surface area contributed by atoms with Crippen LogP contribution in [0, 0.1) is 6.92 Å². The molecule has 1 rings (SSSR count). The Balaban J connectivity index is 2.12. The van der Waals surface area contributed by atoms with Crippen LogP contribution < -0.4 is 5.32 Å². The fraction of sp³-hybridized carbons (Fsp3) is 0.778. The maximum absolute atomic E-state index is 8.47. The molecular formula is C9H18N4O2. The highest BCUT2D eigenvalue weighted by Crippen LogP contribution is 1.95. The van der Waals surface area contributed by atoms with Crippen molar-refractivity contribution >= 4 is 0 Å². The van der Waals surface area contributed by atoms with Gasteiger partial charge in [0.05, 0.1) is 26.4 Å². The van der Waals surface area contributed by atoms with Crippen molar-refractivity contribution in [3.8, 4) is 0 Å². The minimum atomic E-state index is 0.0719. The Morgan fingerprint density at radius 3 is 2.80 bits per heavy atom. The number of ether oxygens (including phenoxy) is 1. The number of hydrogen-bond donors (Lipinski definition) is 2. The third-order valence-electron chi connectivity index (χ3n) is 2.12. The summed E-state index contributed by atoms with van der Waals surface area (Å²) in [7, 11) is 1.94. The summed E-state index contributed by atoms with van der Waals surface area (Å²) in [5.74, 6) is 1.82. The van der Waals surface area contributed by atoms with Crippen LogP contribution in [0.1, 0.15) is 11.6 Å². The van der Waals surface area contributed by atoms with Gasteiger partial charge in [0, 0.05) is 13.6 Å². The zero-order chi connectivity index (χ0) is 11.1. The molecule has 0 atom stereocenters. The Hall–Kier alpha value is -0.980. The van der Waals surface area contributed by atoms with Crippen LogP contribution in [-0.4, -0.2) is 46.2 Å². The number of aliphatic hydroxyl groups excluding tert-OH is 1. The van der Waals surface area contributed by atoms with E-state index in [1.807, 2.05) is 18.5 Å². The van der Waals surface area contributed by atoms with Crippen molar-refractivity contribution in [3.05, 3.63) is 11.6 Å². The molecule has 0 saturated carbocycles. The van der Waals surface area contributed by atoms with E-state index in [-0.39, 0.29) is 6.61 Å². The van der Waals surface area contributed by atoms with Crippen LogP contribution in [0.25, 0.3) is 0 Å². The molecule has 86 valence electrons. The number of nitrogens with zero attached hydrogens (tertiary/aromatic N) is 3. The molecule has 0 amide bonds. The molecule has 6 heteroatoms. The molecule has 6 nitrogen and oxygen atoms in total. The van der Waals surface area contributed by atoms with E-state index in [1.165, 1.54) is 0 Å². The molecule has 0 saturated heterocycles. The van der Waals surface area contributed by atoms with Gasteiger partial charge in [-0.05, 0) is 6.92 Å². The summed E-state index contributed by atoms with van der Waals surface area (Å²) in [6.45, 7) is 4.40. The second kappa shape index (κ2) is 6.49. The highest BCUT2D eigenvalue weighted by atomic mass is 16.5. The Kier molecular flexibility index (Phi) is 5.23. The lowest BCUT2D eigenvalue weighted by atomic mass is 10.5. The summed E-state index contributed by atoms with van der Waals surface area (Å²) in [4.78, 5) is 0. The number of aryl methyl sites for hydroxylation is 1. The maximum Gasteiger partial charge on any atom is 0.146 e. The van der Waals surface area contributed by atoms with E-state index in [0.29, 0.717) is 19.8 Å². The van der Waals surface area contributed by atoms with Crippen molar-refractivity contribution in [2.45, 2.75) is 13.5 Å². The topological polar surface area (TPSA) is 72.2 Å². The SMILES string of the molecule is Cc1nnc(CNCCOCCO)n1C. The van der Waals surface area contributed by atoms with E-state index >= 15 is 0 Å². The van der Waals surface area contributed by atoms with E-state index in [4.69, 9.17) is 9.84 Å². The van der Waals surface area contributed by atoms with Crippen LogP contribution in [0.4, 0.5) is 0 Å². The van der Waals surface area contributed by atoms with Crippen molar-refractivity contribution < 1.29 is 9.84 Å². The Bertz CT molecular complexity index is 288. The fourth-order valence-corrected chi connectivity index (χ4v) is 1.12. The van der Waals surface area contributed by atoms with E-state index in [0.717, 1.165) is 18.2 Å². The lowest BCUT2D eigenvalue weighted by Crippen LogP contribution is -2.21. The van der Waals surface area contributed by atoms with Crippen molar-refractivity contribution in [1.82, 2.24) is 20.1 Å². The largest absolute Gasteiger partial charge is 0.394 e. The molecule has 0 aliphatic heterocycles. The Morgan fingerprint density at radius 1 is 1.40 bits per heavy atom. The highest BCUT2D eigenvalue weighted by molar-refractivity contribution is 4.91. The summed E-state index contributed by atoms with van der Waals surface area (Å²) in [6.07, 6.45) is 0. The zero-order valence-corrected chi connectivity index (χ0v) is 9.23. The van der Waals surface area contributed by atoms with E-state index < -0.39 is 0 Å². The molecule has 1 heterocycles. The lowest BCUT2D eigenvalue weighted by Gasteiger charge is -2.05. The van der Waals surface area contributed by atoms with Gasteiger partial charge in [-0.15, -0.1) is 10.2 Å². The first kappa shape index (κ1) is 12.1. The average molecular weight is 214 g/mol. The monoisotopic (exact) mass is 214 g/mol. The van der Waals surface area contributed by atoms with Gasteiger partial charge in [-0.25, -0.2) is 0 Å². The molecule has 2 N–H and O–H groups in total. The Labute approximate surface area is 89.3 Å². The molecule has 0 aromatic carbocycles. The van der Waals surface area contributed by atoms with Crippen LogP contribution in [-0.2, 0) is 18.3 Å². The van der Waals surface area contributed by atoms with Gasteiger partial charge in [0.25, 0.3) is 0 Å². The first-order valence-electron chi connectivity index (χ1n) is 5.00. The van der Waals surface area contributed by atoms with Crippen molar-refractivity contribution in [2.75, 3.05) is 26.4 Å². The predicted molar refractivity (Wildman–Crippen MR) is 55.4 cm³/mol. The fourth-order valence-electron chi connectivity index (χ4n) is 1.12. The second-order valence-corrected chi connectivity index (χ2v) is 3.24. The zero-order valence-electron chi connectivity index (χ0n) is 9.23. The molecule has 15 heavy (non-hydrogen) atoms. The quantitative estimate of drug-likeness (QED) is 0.583. The van der Waals surface area contributed by atoms with Crippen LogP contribution in [0.2, 0.25) is 0 Å². The van der Waals surface area contributed by atoms with Crippen molar-refractivity contribution in [1.29, 1.82) is 0 Å². The first-order chi connectivity index (χ1) is 7.25. The van der Waals surface area contributed by atoms with Crippen LogP contribution in [0.15, 0.2) is 0 Å². The van der Waals surface area contributed by atoms with E-state index in [2.05, 4.69) is 15.5 Å². The molecule has 0 bridgehead atoms. The maximum atomic E-state index is 8.47. The average Bonchev–Trinajstić information content (AvgIpc) is 2.54. The summed E-state index contributed by atoms with van der Waals surface area (Å²) >= 11 is 0. The molecule has 0 unspecified atom stereocenters. The molecule has 1 aromatic rings. The summed E-state index contributed by atoms with van der Waals surface area (Å²) in [6, 6.07) is 0. The minimum absolute atomic E-state index is 0.0719. The van der Waals surface area contributed by atoms with Crippen LogP contribution in [0.3, 0.4) is 0 Å². The molecule has 0 fully saturated rings. The molecule has 0 spiro atoms. The predicted octanol–water partition coefficient (Wildman–Crippen LogP) is -0.778. The number of rotatable bonds is 7. The van der Waals surface area contributed by atoms with Gasteiger partial charge in [0.1, 0.15) is 11.6 Å². The summed E-state index contributed by atoms with van der Waals surface area (Å²) in [5, 5.41) is 19.6. The van der Waals surface area contributed by atoms with Crippen molar-refractivity contribution in [3.63, 3.8) is 0 Å². The van der Waals surface area contributed by atoms with E-state index in [1.54, 1.807) is 0 Å². The number of nitrogens with one attached hydrogen (secondary N) is 1. The van der Waals surface area contributed by atoms with Gasteiger partial charge in [0.2, 0.25) is 0 Å². The van der Waals surface area contributed by atoms with Gasteiger partial charge >= 0.3 is 0 Å². The summed E-state index contributed by atoms with van der Waals surface area (Å²) < 4.78 is 7.05.